The van der Waals surface area contributed by atoms with E-state index in [1.807, 2.05) is 4.90 Å². The van der Waals surface area contributed by atoms with Crippen LogP contribution in [0, 0.1) is 16.0 Å². The number of halogens is 1. The maximum absolute atomic E-state index is 12.3. The molecule has 1 fully saturated rings. The number of carbonyl (C=O) groups is 1. The molecule has 0 saturated carbocycles. The fourth-order valence-electron chi connectivity index (χ4n) is 2.21. The molecule has 2 rings (SSSR count). The van der Waals surface area contributed by atoms with Gasteiger partial charge in [-0.3, -0.25) is 14.9 Å². The summed E-state index contributed by atoms with van der Waals surface area (Å²) in [4.78, 5) is 24.6. The lowest BCUT2D eigenvalue weighted by atomic mass is 9.99. The number of nitro groups is 1. The number of alkyl halides is 1. The van der Waals surface area contributed by atoms with Crippen molar-refractivity contribution in [2.24, 2.45) is 5.92 Å². The summed E-state index contributed by atoms with van der Waals surface area (Å²) in [7, 11) is 0. The van der Waals surface area contributed by atoms with E-state index < -0.39 is 4.92 Å². The quantitative estimate of drug-likeness (QED) is 0.477. The number of carbonyl (C=O) groups excluding carboxylic acids is 1. The zero-order chi connectivity index (χ0) is 14.0. The molecule has 1 saturated heterocycles. The van der Waals surface area contributed by atoms with Crippen molar-refractivity contribution in [2.75, 3.05) is 13.1 Å². The molecule has 1 amide bonds. The third kappa shape index (κ3) is 3.12. The summed E-state index contributed by atoms with van der Waals surface area (Å²) in [5, 5.41) is 10.6. The van der Waals surface area contributed by atoms with Crippen molar-refractivity contribution in [3.63, 3.8) is 0 Å². The predicted octanol–water partition coefficient (Wildman–Crippen LogP) is 2.84. The molecular weight excluding hydrogens is 312 g/mol. The molecule has 0 radical (unpaired) electrons. The summed E-state index contributed by atoms with van der Waals surface area (Å²) in [5.41, 5.74) is 0.509. The molecule has 0 bridgehead atoms. The summed E-state index contributed by atoms with van der Waals surface area (Å²) in [6.45, 7) is 3.54. The zero-order valence-electron chi connectivity index (χ0n) is 10.6. The Morgan fingerprint density at radius 2 is 2.05 bits per heavy atom. The zero-order valence-corrected chi connectivity index (χ0v) is 12.2. The van der Waals surface area contributed by atoms with Gasteiger partial charge in [0.05, 0.1) is 4.92 Å². The second kappa shape index (κ2) is 5.69. The monoisotopic (exact) mass is 326 g/mol. The topological polar surface area (TPSA) is 63.5 Å². The first kappa shape index (κ1) is 14.0. The Hall–Kier alpha value is -1.43. The van der Waals surface area contributed by atoms with E-state index >= 15 is 0 Å². The lowest BCUT2D eigenvalue weighted by Crippen LogP contribution is -2.43. The van der Waals surface area contributed by atoms with Gasteiger partial charge < -0.3 is 4.90 Å². The van der Waals surface area contributed by atoms with Crippen molar-refractivity contribution >= 4 is 27.5 Å². The van der Waals surface area contributed by atoms with Crippen molar-refractivity contribution in [1.82, 2.24) is 4.90 Å². The molecule has 102 valence electrons. The minimum absolute atomic E-state index is 0.00378. The molecule has 1 heterocycles. The lowest BCUT2D eigenvalue weighted by molar-refractivity contribution is -0.384. The molecule has 0 aromatic heterocycles. The maximum Gasteiger partial charge on any atom is 0.269 e. The van der Waals surface area contributed by atoms with Gasteiger partial charge in [-0.25, -0.2) is 0 Å². The third-order valence-corrected chi connectivity index (χ3v) is 4.77. The first-order valence-electron chi connectivity index (χ1n) is 6.17. The standard InChI is InChI=1S/C13H15BrN2O3/c1-9-8-15(7-6-12(9)14)13(17)10-2-4-11(5-3-10)16(18)19/h2-5,9,12H,6-8H2,1H3. The van der Waals surface area contributed by atoms with E-state index in [-0.39, 0.29) is 11.6 Å². The van der Waals surface area contributed by atoms with Gasteiger partial charge in [-0.05, 0) is 24.5 Å². The number of piperidine rings is 1. The Bertz CT molecular complexity index is 489. The number of amides is 1. The van der Waals surface area contributed by atoms with E-state index in [0.717, 1.165) is 13.0 Å². The van der Waals surface area contributed by atoms with Crippen LogP contribution in [0.1, 0.15) is 23.7 Å². The molecule has 6 heteroatoms. The normalized spacial score (nSPS) is 23.2. The van der Waals surface area contributed by atoms with E-state index in [1.54, 1.807) is 0 Å². The second-order valence-corrected chi connectivity index (χ2v) is 6.01. The highest BCUT2D eigenvalue weighted by Gasteiger charge is 2.27. The molecule has 19 heavy (non-hydrogen) atoms. The van der Waals surface area contributed by atoms with Crippen LogP contribution in [0.25, 0.3) is 0 Å². The van der Waals surface area contributed by atoms with Gasteiger partial charge >= 0.3 is 0 Å². The Kier molecular flexibility index (Phi) is 4.19. The van der Waals surface area contributed by atoms with E-state index in [4.69, 9.17) is 0 Å². The van der Waals surface area contributed by atoms with Gasteiger partial charge in [0.1, 0.15) is 0 Å². The molecule has 1 aromatic rings. The summed E-state index contributed by atoms with van der Waals surface area (Å²) in [5.74, 6) is 0.358. The summed E-state index contributed by atoms with van der Waals surface area (Å²) in [6.07, 6.45) is 0.930. The van der Waals surface area contributed by atoms with Crippen molar-refractivity contribution in [3.8, 4) is 0 Å². The van der Waals surface area contributed by atoms with Gasteiger partial charge in [0.15, 0.2) is 0 Å². The van der Waals surface area contributed by atoms with E-state index in [2.05, 4.69) is 22.9 Å². The Balaban J connectivity index is 2.09. The summed E-state index contributed by atoms with van der Waals surface area (Å²) >= 11 is 3.60. The van der Waals surface area contributed by atoms with Crippen molar-refractivity contribution in [1.29, 1.82) is 0 Å². The molecule has 1 aliphatic rings. The van der Waals surface area contributed by atoms with Crippen LogP contribution in [-0.4, -0.2) is 33.6 Å². The van der Waals surface area contributed by atoms with Gasteiger partial charge in [-0.15, -0.1) is 0 Å². The average Bonchev–Trinajstić information content (AvgIpc) is 2.41. The van der Waals surface area contributed by atoms with Crippen LogP contribution in [-0.2, 0) is 0 Å². The summed E-state index contributed by atoms with van der Waals surface area (Å²) < 4.78 is 0. The van der Waals surface area contributed by atoms with Crippen LogP contribution < -0.4 is 0 Å². The molecule has 2 atom stereocenters. The van der Waals surface area contributed by atoms with E-state index in [9.17, 15) is 14.9 Å². The fourth-order valence-corrected chi connectivity index (χ4v) is 2.58. The van der Waals surface area contributed by atoms with Crippen molar-refractivity contribution < 1.29 is 9.72 Å². The van der Waals surface area contributed by atoms with Crippen molar-refractivity contribution in [3.05, 3.63) is 39.9 Å². The Morgan fingerprint density at radius 3 is 2.58 bits per heavy atom. The fraction of sp³-hybridized carbons (Fsp3) is 0.462. The highest BCUT2D eigenvalue weighted by Crippen LogP contribution is 2.24. The highest BCUT2D eigenvalue weighted by atomic mass is 79.9. The Morgan fingerprint density at radius 1 is 1.42 bits per heavy atom. The third-order valence-electron chi connectivity index (χ3n) is 3.41. The van der Waals surface area contributed by atoms with Crippen LogP contribution in [0.15, 0.2) is 24.3 Å². The number of hydrogen-bond donors (Lipinski definition) is 0. The largest absolute Gasteiger partial charge is 0.338 e. The van der Waals surface area contributed by atoms with Gasteiger partial charge in [0.2, 0.25) is 0 Å². The molecule has 0 spiro atoms. The van der Waals surface area contributed by atoms with Gasteiger partial charge in [0.25, 0.3) is 11.6 Å². The number of nitrogens with zero attached hydrogens (tertiary/aromatic N) is 2. The molecule has 1 aliphatic heterocycles. The van der Waals surface area contributed by atoms with Crippen LogP contribution in [0.4, 0.5) is 5.69 Å². The SMILES string of the molecule is CC1CN(C(=O)c2ccc([N+](=O)[O-])cc2)CCC1Br. The molecular formula is C13H15BrN2O3. The van der Waals surface area contributed by atoms with Gasteiger partial charge in [-0.1, -0.05) is 22.9 Å². The smallest absolute Gasteiger partial charge is 0.269 e. The summed E-state index contributed by atoms with van der Waals surface area (Å²) in [6, 6.07) is 5.78. The van der Waals surface area contributed by atoms with E-state index in [0.29, 0.717) is 22.9 Å². The molecule has 0 N–H and O–H groups in total. The predicted molar refractivity (Wildman–Crippen MR) is 75.5 cm³/mol. The number of rotatable bonds is 2. The Labute approximate surface area is 119 Å². The number of likely N-dealkylation sites (tertiary alicyclic amines) is 1. The number of hydrogen-bond acceptors (Lipinski definition) is 3. The van der Waals surface area contributed by atoms with E-state index in [1.165, 1.54) is 24.3 Å². The minimum atomic E-state index is -0.466. The van der Waals surface area contributed by atoms with Crippen molar-refractivity contribution in [2.45, 2.75) is 18.2 Å². The average molecular weight is 327 g/mol. The number of nitro benzene ring substituents is 1. The van der Waals surface area contributed by atoms with Crippen LogP contribution in [0.2, 0.25) is 0 Å². The van der Waals surface area contributed by atoms with Crippen LogP contribution in [0.5, 0.6) is 0 Å². The van der Waals surface area contributed by atoms with Gasteiger partial charge in [0, 0.05) is 35.6 Å². The minimum Gasteiger partial charge on any atom is -0.338 e. The van der Waals surface area contributed by atoms with Crippen LogP contribution in [0.3, 0.4) is 0 Å². The van der Waals surface area contributed by atoms with Gasteiger partial charge in [-0.2, -0.15) is 0 Å². The maximum atomic E-state index is 12.3. The first-order chi connectivity index (χ1) is 8.99. The lowest BCUT2D eigenvalue weighted by Gasteiger charge is -2.34. The highest BCUT2D eigenvalue weighted by molar-refractivity contribution is 9.09. The number of benzene rings is 1. The number of non-ortho nitro benzene ring substituents is 1. The molecule has 0 aliphatic carbocycles. The second-order valence-electron chi connectivity index (χ2n) is 4.84. The molecule has 5 nitrogen and oxygen atoms in total. The molecule has 1 aromatic carbocycles. The molecule has 2 unspecified atom stereocenters. The van der Waals surface area contributed by atoms with Crippen LogP contribution >= 0.6 is 15.9 Å². The first-order valence-corrected chi connectivity index (χ1v) is 7.08.